The zero-order chi connectivity index (χ0) is 26.7. The predicted molar refractivity (Wildman–Crippen MR) is 148 cm³/mol. The molecule has 1 N–H and O–H groups in total. The van der Waals surface area contributed by atoms with Crippen LogP contribution < -0.4 is 10.4 Å². The Kier molecular flexibility index (Phi) is 8.55. The Morgan fingerprint density at radius 1 is 1.00 bits per heavy atom. The first kappa shape index (κ1) is 27.8. The van der Waals surface area contributed by atoms with Gasteiger partial charge in [-0.15, -0.1) is 0 Å². The highest BCUT2D eigenvalue weighted by Gasteiger charge is 2.28. The third-order valence-electron chi connectivity index (χ3n) is 6.15. The van der Waals surface area contributed by atoms with Gasteiger partial charge < -0.3 is 19.0 Å². The van der Waals surface area contributed by atoms with Gasteiger partial charge in [0, 0.05) is 34.6 Å². The first-order valence-electron chi connectivity index (χ1n) is 12.4. The average Bonchev–Trinajstić information content (AvgIpc) is 3.17. The van der Waals surface area contributed by atoms with E-state index in [1.807, 2.05) is 99.5 Å². The summed E-state index contributed by atoms with van der Waals surface area (Å²) < 4.78 is 14.0. The van der Waals surface area contributed by atoms with Gasteiger partial charge in [-0.05, 0) is 35.4 Å². The number of carbonyl (C=O) groups is 1. The molecule has 1 heterocycles. The molecular formula is C29H38BrN3O3. The van der Waals surface area contributed by atoms with Gasteiger partial charge in [0.1, 0.15) is 11.5 Å². The third kappa shape index (κ3) is 6.30. The van der Waals surface area contributed by atoms with E-state index in [2.05, 4.69) is 27.1 Å². The van der Waals surface area contributed by atoms with Gasteiger partial charge in [-0.25, -0.2) is 0 Å². The van der Waals surface area contributed by atoms with Gasteiger partial charge in [0.15, 0.2) is 5.78 Å². The van der Waals surface area contributed by atoms with Crippen LogP contribution in [0.15, 0.2) is 52.8 Å². The number of hydrogen-bond donors (Lipinski definition) is 1. The van der Waals surface area contributed by atoms with Crippen LogP contribution in [0.5, 0.6) is 11.5 Å². The SMILES string of the molecule is CCCOc1ccccc1Cn1ccn(CC(=O)c2cc(C(C)(C)C)c(O)c(C(C)(C)C)c2)/c1=N\Br. The van der Waals surface area contributed by atoms with E-state index in [-0.39, 0.29) is 28.9 Å². The summed E-state index contributed by atoms with van der Waals surface area (Å²) in [7, 11) is 0. The lowest BCUT2D eigenvalue weighted by atomic mass is 9.78. The van der Waals surface area contributed by atoms with Crippen LogP contribution in [0.4, 0.5) is 0 Å². The van der Waals surface area contributed by atoms with Crippen molar-refractivity contribution in [2.45, 2.75) is 78.8 Å². The van der Waals surface area contributed by atoms with Crippen molar-refractivity contribution in [3.8, 4) is 11.5 Å². The van der Waals surface area contributed by atoms with Crippen molar-refractivity contribution in [1.29, 1.82) is 0 Å². The molecule has 0 fully saturated rings. The zero-order valence-electron chi connectivity index (χ0n) is 22.4. The fraction of sp³-hybridized carbons (Fsp3) is 0.448. The summed E-state index contributed by atoms with van der Waals surface area (Å²) in [6, 6.07) is 11.6. The number of phenolic OH excluding ortho intramolecular Hbond substituents is 1. The Labute approximate surface area is 223 Å². The van der Waals surface area contributed by atoms with E-state index < -0.39 is 0 Å². The van der Waals surface area contributed by atoms with Gasteiger partial charge in [-0.1, -0.05) is 66.7 Å². The van der Waals surface area contributed by atoms with E-state index >= 15 is 0 Å². The fourth-order valence-corrected chi connectivity index (χ4v) is 4.57. The fourth-order valence-electron chi connectivity index (χ4n) is 4.16. The highest BCUT2D eigenvalue weighted by atomic mass is 79.9. The summed E-state index contributed by atoms with van der Waals surface area (Å²) in [4.78, 5) is 13.5. The van der Waals surface area contributed by atoms with Gasteiger partial charge in [0.2, 0.25) is 5.62 Å². The molecule has 3 aromatic rings. The van der Waals surface area contributed by atoms with Crippen LogP contribution in [0.3, 0.4) is 0 Å². The highest BCUT2D eigenvalue weighted by molar-refractivity contribution is 9.08. The van der Waals surface area contributed by atoms with E-state index in [1.54, 1.807) is 0 Å². The lowest BCUT2D eigenvalue weighted by Gasteiger charge is -2.28. The average molecular weight is 557 g/mol. The van der Waals surface area contributed by atoms with Gasteiger partial charge in [-0.3, -0.25) is 4.79 Å². The maximum absolute atomic E-state index is 13.5. The first-order valence-corrected chi connectivity index (χ1v) is 13.1. The molecule has 0 radical (unpaired) electrons. The van der Waals surface area contributed by atoms with Crippen molar-refractivity contribution < 1.29 is 14.6 Å². The molecular weight excluding hydrogens is 518 g/mol. The van der Waals surface area contributed by atoms with Crippen LogP contribution in [0.25, 0.3) is 0 Å². The summed E-state index contributed by atoms with van der Waals surface area (Å²) in [6.45, 7) is 15.7. The van der Waals surface area contributed by atoms with Gasteiger partial charge in [0.05, 0.1) is 35.8 Å². The number of phenols is 1. The number of carbonyl (C=O) groups excluding carboxylic acids is 1. The van der Waals surface area contributed by atoms with E-state index in [0.717, 1.165) is 28.9 Å². The Bertz CT molecular complexity index is 1260. The van der Waals surface area contributed by atoms with Crippen LogP contribution in [0, 0.1) is 0 Å². The molecule has 2 aromatic carbocycles. The van der Waals surface area contributed by atoms with Crippen LogP contribution in [-0.2, 0) is 23.9 Å². The Balaban J connectivity index is 1.95. The lowest BCUT2D eigenvalue weighted by molar-refractivity contribution is 0.0970. The van der Waals surface area contributed by atoms with Gasteiger partial charge >= 0.3 is 0 Å². The molecule has 36 heavy (non-hydrogen) atoms. The first-order chi connectivity index (χ1) is 16.9. The summed E-state index contributed by atoms with van der Waals surface area (Å²) in [5.74, 6) is 1.08. The maximum atomic E-state index is 13.5. The number of nitrogens with zero attached hydrogens (tertiary/aromatic N) is 3. The van der Waals surface area contributed by atoms with Crippen molar-refractivity contribution in [2.75, 3.05) is 6.61 Å². The lowest BCUT2D eigenvalue weighted by Crippen LogP contribution is -2.28. The third-order valence-corrected chi connectivity index (χ3v) is 6.47. The molecule has 0 bridgehead atoms. The van der Waals surface area contributed by atoms with Crippen molar-refractivity contribution in [3.05, 3.63) is 76.7 Å². The Morgan fingerprint density at radius 2 is 1.58 bits per heavy atom. The number of hydrogen-bond acceptors (Lipinski definition) is 4. The highest BCUT2D eigenvalue weighted by Crippen LogP contribution is 2.39. The number of halogens is 1. The minimum Gasteiger partial charge on any atom is -0.507 e. The summed E-state index contributed by atoms with van der Waals surface area (Å²) in [5, 5.41) is 11.0. The maximum Gasteiger partial charge on any atom is 0.217 e. The summed E-state index contributed by atoms with van der Waals surface area (Å²) in [5.41, 5.74) is 3.19. The number of imidazole rings is 1. The van der Waals surface area contributed by atoms with Crippen molar-refractivity contribution in [3.63, 3.8) is 0 Å². The topological polar surface area (TPSA) is 68.8 Å². The van der Waals surface area contributed by atoms with Gasteiger partial charge in [0.25, 0.3) is 0 Å². The molecule has 0 saturated heterocycles. The number of benzene rings is 2. The van der Waals surface area contributed by atoms with Crippen LogP contribution in [-0.4, -0.2) is 26.6 Å². The van der Waals surface area contributed by atoms with Crippen molar-refractivity contribution in [1.82, 2.24) is 9.13 Å². The molecule has 0 unspecified atom stereocenters. The summed E-state index contributed by atoms with van der Waals surface area (Å²) in [6.07, 6.45) is 4.72. The largest absolute Gasteiger partial charge is 0.507 e. The van der Waals surface area contributed by atoms with Crippen molar-refractivity contribution in [2.24, 2.45) is 4.02 Å². The quantitative estimate of drug-likeness (QED) is 0.321. The number of ketones is 1. The molecule has 0 aliphatic rings. The molecule has 194 valence electrons. The molecule has 0 aliphatic heterocycles. The number of rotatable bonds is 8. The van der Waals surface area contributed by atoms with Crippen LogP contribution >= 0.6 is 16.1 Å². The minimum absolute atomic E-state index is 0.0437. The summed E-state index contributed by atoms with van der Waals surface area (Å²) >= 11 is 3.25. The monoisotopic (exact) mass is 555 g/mol. The molecule has 0 aliphatic carbocycles. The predicted octanol–water partition coefficient (Wildman–Crippen LogP) is 6.52. The molecule has 0 amide bonds. The number of Topliss-reactive ketones (excluding diaryl/α,β-unsaturated/α-hetero) is 1. The second-order valence-corrected chi connectivity index (χ2v) is 11.6. The standard InChI is InChI=1S/C29H38BrN3O3/c1-8-15-36-25-12-10-9-11-20(25)18-32-13-14-33(27(32)31-30)19-24(34)21-16-22(28(2,3)4)26(35)23(17-21)29(5,6)7/h9-14,16-17,35H,8,15,18-19H2,1-7H3/b31-27-. The molecule has 6 nitrogen and oxygen atoms in total. The molecule has 0 spiro atoms. The van der Waals surface area contributed by atoms with Gasteiger partial charge in [-0.2, -0.15) is 4.02 Å². The molecule has 0 atom stereocenters. The molecule has 1 aromatic heterocycles. The van der Waals surface area contributed by atoms with Crippen molar-refractivity contribution >= 4 is 21.9 Å². The normalized spacial score (nSPS) is 12.7. The molecule has 0 saturated carbocycles. The zero-order valence-corrected chi connectivity index (χ0v) is 24.0. The number of aromatic hydroxyl groups is 1. The molecule has 3 rings (SSSR count). The minimum atomic E-state index is -0.305. The van der Waals surface area contributed by atoms with E-state index in [4.69, 9.17) is 4.74 Å². The second kappa shape index (κ2) is 11.1. The van der Waals surface area contributed by atoms with E-state index in [9.17, 15) is 9.90 Å². The Hall–Kier alpha value is -2.80. The smallest absolute Gasteiger partial charge is 0.217 e. The second-order valence-electron chi connectivity index (χ2n) is 11.2. The number of ether oxygens (including phenoxy) is 1. The van der Waals surface area contributed by atoms with Crippen LogP contribution in [0.1, 0.15) is 81.9 Å². The Morgan fingerprint density at radius 3 is 2.14 bits per heavy atom. The van der Waals surface area contributed by atoms with E-state index in [0.29, 0.717) is 24.3 Å². The van der Waals surface area contributed by atoms with Crippen LogP contribution in [0.2, 0.25) is 0 Å². The number of aromatic nitrogens is 2. The van der Waals surface area contributed by atoms with E-state index in [1.165, 1.54) is 0 Å². The number of para-hydroxylation sites is 1. The molecule has 7 heteroatoms.